The summed E-state index contributed by atoms with van der Waals surface area (Å²) in [6.07, 6.45) is 12.0. The zero-order valence-corrected chi connectivity index (χ0v) is 14.5. The molecule has 2 nitrogen and oxygen atoms in total. The number of aliphatic hydroxyl groups excluding tert-OH is 1. The van der Waals surface area contributed by atoms with E-state index in [0.717, 1.165) is 22.3 Å². The predicted molar refractivity (Wildman–Crippen MR) is 92.9 cm³/mol. The van der Waals surface area contributed by atoms with Crippen LogP contribution in [0.15, 0.2) is 22.8 Å². The van der Waals surface area contributed by atoms with Crippen LogP contribution in [0.2, 0.25) is 0 Å². The molecule has 0 saturated heterocycles. The first-order chi connectivity index (χ1) is 10.6. The maximum absolute atomic E-state index is 13.9. The van der Waals surface area contributed by atoms with Crippen LogP contribution in [0.5, 0.6) is 0 Å². The van der Waals surface area contributed by atoms with Crippen LogP contribution in [0.25, 0.3) is 6.08 Å². The lowest BCUT2D eigenvalue weighted by atomic mass is 9.98. The van der Waals surface area contributed by atoms with Crippen molar-refractivity contribution in [2.45, 2.75) is 38.5 Å². The molecule has 1 aromatic rings. The maximum Gasteiger partial charge on any atom is 0.149 e. The third kappa shape index (κ3) is 3.15. The molecule has 1 aromatic carbocycles. The normalized spacial score (nSPS) is 25.2. The molecule has 4 heteroatoms. The van der Waals surface area contributed by atoms with Gasteiger partial charge < -0.3 is 5.11 Å². The molecule has 1 aliphatic carbocycles. The second-order valence-corrected chi connectivity index (χ2v) is 7.51. The second-order valence-electron chi connectivity index (χ2n) is 6.66. The Morgan fingerprint density at radius 2 is 1.91 bits per heavy atom. The van der Waals surface area contributed by atoms with Crippen molar-refractivity contribution in [3.63, 3.8) is 0 Å². The Bertz CT molecular complexity index is 566. The number of quaternary nitrogens is 1. The number of hydrogen-bond donors (Lipinski definition) is 1. The van der Waals surface area contributed by atoms with Crippen LogP contribution in [-0.2, 0) is 0 Å². The van der Waals surface area contributed by atoms with Gasteiger partial charge in [0.05, 0.1) is 18.7 Å². The van der Waals surface area contributed by atoms with E-state index in [2.05, 4.69) is 28.2 Å². The Balaban J connectivity index is 1.92. The number of rotatable bonds is 4. The molecule has 0 aromatic heterocycles. The van der Waals surface area contributed by atoms with Gasteiger partial charge in [0, 0.05) is 22.5 Å². The van der Waals surface area contributed by atoms with E-state index in [9.17, 15) is 9.50 Å². The van der Waals surface area contributed by atoms with E-state index in [-0.39, 0.29) is 12.4 Å². The number of nitrogens with zero attached hydrogens (tertiary/aromatic N) is 1. The van der Waals surface area contributed by atoms with Crippen LogP contribution in [-0.4, -0.2) is 24.8 Å². The Hall–Kier alpha value is -0.710. The van der Waals surface area contributed by atoms with Crippen molar-refractivity contribution in [2.75, 3.05) is 19.7 Å². The van der Waals surface area contributed by atoms with E-state index in [1.807, 2.05) is 0 Å². The minimum atomic E-state index is -0.212. The fourth-order valence-corrected chi connectivity index (χ4v) is 4.59. The summed E-state index contributed by atoms with van der Waals surface area (Å²) in [5.74, 6) is 0.447. The van der Waals surface area contributed by atoms with Gasteiger partial charge in [-0.1, -0.05) is 25.7 Å². The van der Waals surface area contributed by atoms with Crippen molar-refractivity contribution in [3.8, 4) is 0 Å². The average molecular weight is 369 g/mol. The molecule has 1 fully saturated rings. The van der Waals surface area contributed by atoms with Gasteiger partial charge in [0.25, 0.3) is 0 Å². The first-order valence-electron chi connectivity index (χ1n) is 8.31. The summed E-state index contributed by atoms with van der Waals surface area (Å²) in [4.78, 5) is 0. The van der Waals surface area contributed by atoms with Crippen molar-refractivity contribution in [3.05, 3.63) is 34.2 Å². The highest BCUT2D eigenvalue weighted by atomic mass is 79.9. The molecule has 1 unspecified atom stereocenters. The topological polar surface area (TPSA) is 20.2 Å². The molecule has 0 amide bonds. The molecule has 2 aliphatic rings. The van der Waals surface area contributed by atoms with Crippen molar-refractivity contribution in [1.82, 2.24) is 4.48 Å². The van der Waals surface area contributed by atoms with Crippen LogP contribution >= 0.6 is 15.9 Å². The molecule has 120 valence electrons. The number of fused-ring (bicyclic) bond motifs is 1. The Morgan fingerprint density at radius 3 is 2.59 bits per heavy atom. The monoisotopic (exact) mass is 368 g/mol. The molecular formula is C18H24BrFNO+. The lowest BCUT2D eigenvalue weighted by Gasteiger charge is -2.35. The standard InChI is InChI=1S/C18H24BrFNO/c19-17-11-15(20)12-18-16(17)7-8-21(18,9-10-22)13-14-5-3-1-2-4-6-14/h7-8,11-12,14,22H,1-6,9-10,13H2/q+1. The number of aliphatic hydroxyl groups is 1. The first-order valence-corrected chi connectivity index (χ1v) is 9.10. The number of hydrogen-bond acceptors (Lipinski definition) is 1. The predicted octanol–water partition coefficient (Wildman–Crippen LogP) is 4.84. The van der Waals surface area contributed by atoms with E-state index in [4.69, 9.17) is 0 Å². The molecular weight excluding hydrogens is 345 g/mol. The molecule has 1 N–H and O–H groups in total. The van der Waals surface area contributed by atoms with Crippen LogP contribution < -0.4 is 4.48 Å². The highest BCUT2D eigenvalue weighted by Crippen LogP contribution is 2.42. The van der Waals surface area contributed by atoms with Gasteiger partial charge in [0.15, 0.2) is 0 Å². The maximum atomic E-state index is 13.9. The van der Waals surface area contributed by atoms with E-state index >= 15 is 0 Å². The van der Waals surface area contributed by atoms with Crippen molar-refractivity contribution >= 4 is 27.7 Å². The molecule has 1 aliphatic heterocycles. The quantitative estimate of drug-likeness (QED) is 0.595. The molecule has 22 heavy (non-hydrogen) atoms. The van der Waals surface area contributed by atoms with Crippen LogP contribution in [0.1, 0.15) is 44.1 Å². The van der Waals surface area contributed by atoms with Crippen LogP contribution in [0.3, 0.4) is 0 Å². The summed E-state index contributed by atoms with van der Waals surface area (Å²) in [7, 11) is 0. The fourth-order valence-electron chi connectivity index (χ4n) is 4.03. The van der Waals surface area contributed by atoms with Gasteiger partial charge in [-0.3, -0.25) is 4.48 Å². The highest BCUT2D eigenvalue weighted by molar-refractivity contribution is 9.10. The summed E-state index contributed by atoms with van der Waals surface area (Å²) >= 11 is 3.47. The largest absolute Gasteiger partial charge is 0.390 e. The molecule has 1 atom stereocenters. The highest BCUT2D eigenvalue weighted by Gasteiger charge is 2.38. The zero-order valence-electron chi connectivity index (χ0n) is 12.9. The summed E-state index contributed by atoms with van der Waals surface area (Å²) in [5.41, 5.74) is 2.05. The van der Waals surface area contributed by atoms with Crippen molar-refractivity contribution in [1.29, 1.82) is 0 Å². The van der Waals surface area contributed by atoms with E-state index in [1.165, 1.54) is 44.6 Å². The average Bonchev–Trinajstić information content (AvgIpc) is 2.67. The molecule has 0 bridgehead atoms. The summed E-state index contributed by atoms with van der Waals surface area (Å²) < 4.78 is 15.3. The summed E-state index contributed by atoms with van der Waals surface area (Å²) in [6.45, 7) is 1.71. The molecule has 1 saturated carbocycles. The number of halogens is 2. The van der Waals surface area contributed by atoms with E-state index in [0.29, 0.717) is 16.9 Å². The lowest BCUT2D eigenvalue weighted by molar-refractivity contribution is 0.215. The second kappa shape index (κ2) is 6.81. The molecule has 0 spiro atoms. The van der Waals surface area contributed by atoms with Gasteiger partial charge in [0.1, 0.15) is 24.2 Å². The zero-order chi connectivity index (χ0) is 15.6. The summed E-state index contributed by atoms with van der Waals surface area (Å²) in [5, 5.41) is 9.59. The molecule has 0 radical (unpaired) electrons. The fraction of sp³-hybridized carbons (Fsp3) is 0.556. The Labute approximate surface area is 140 Å². The molecule has 3 rings (SSSR count). The third-order valence-corrected chi connectivity index (χ3v) is 5.79. The van der Waals surface area contributed by atoms with Gasteiger partial charge in [-0.2, -0.15) is 0 Å². The van der Waals surface area contributed by atoms with Crippen LogP contribution in [0, 0.1) is 11.7 Å². The van der Waals surface area contributed by atoms with Gasteiger partial charge in [0.2, 0.25) is 0 Å². The third-order valence-electron chi connectivity index (χ3n) is 5.14. The number of benzene rings is 1. The van der Waals surface area contributed by atoms with Gasteiger partial charge in [-0.05, 0) is 34.8 Å². The van der Waals surface area contributed by atoms with Crippen molar-refractivity contribution in [2.24, 2.45) is 5.92 Å². The lowest BCUT2D eigenvalue weighted by Crippen LogP contribution is -2.48. The Kier molecular flexibility index (Phi) is 5.00. The van der Waals surface area contributed by atoms with E-state index < -0.39 is 0 Å². The van der Waals surface area contributed by atoms with Gasteiger partial charge in [-0.25, -0.2) is 4.39 Å². The smallest absolute Gasteiger partial charge is 0.149 e. The van der Waals surface area contributed by atoms with Crippen LogP contribution in [0.4, 0.5) is 10.1 Å². The first kappa shape index (κ1) is 16.2. The summed E-state index contributed by atoms with van der Waals surface area (Å²) in [6, 6.07) is 3.17. The minimum Gasteiger partial charge on any atom is -0.390 e. The SMILES string of the molecule is OCC[N+]1(CC2CCCCCC2)C=Cc2c(Br)cc(F)cc21. The van der Waals surface area contributed by atoms with Gasteiger partial charge in [-0.15, -0.1) is 0 Å². The molecule has 1 heterocycles. The minimum absolute atomic E-state index is 0.116. The van der Waals surface area contributed by atoms with Crippen molar-refractivity contribution < 1.29 is 9.50 Å². The van der Waals surface area contributed by atoms with Gasteiger partial charge >= 0.3 is 0 Å². The van der Waals surface area contributed by atoms with E-state index in [1.54, 1.807) is 6.07 Å². The Morgan fingerprint density at radius 1 is 1.18 bits per heavy atom.